The minimum absolute atomic E-state index is 0.0466. The van der Waals surface area contributed by atoms with Crippen molar-refractivity contribution in [2.45, 2.75) is 0 Å². The van der Waals surface area contributed by atoms with E-state index in [9.17, 15) is 14.9 Å². The standard InChI is InChI=1S/C18H17ClN4O4/c19-15-3-1-2-13(10-15)18(24)21-20-12-14-11-16(23(25)26)4-5-17(14)22-6-8-27-9-7-22/h1-5,10-12H,6-9H2,(H,21,24)/b20-12-. The van der Waals surface area contributed by atoms with Crippen molar-refractivity contribution in [3.05, 3.63) is 68.7 Å². The van der Waals surface area contributed by atoms with Gasteiger partial charge in [-0.05, 0) is 24.3 Å². The number of nitrogens with zero attached hydrogens (tertiary/aromatic N) is 3. The Balaban J connectivity index is 1.80. The minimum Gasteiger partial charge on any atom is -0.378 e. The summed E-state index contributed by atoms with van der Waals surface area (Å²) in [6, 6.07) is 11.0. The molecule has 2 aromatic carbocycles. The van der Waals surface area contributed by atoms with Crippen LogP contribution in [0, 0.1) is 10.1 Å². The number of ether oxygens (including phenoxy) is 1. The maximum Gasteiger partial charge on any atom is 0.271 e. The van der Waals surface area contributed by atoms with Gasteiger partial charge in [0.05, 0.1) is 24.4 Å². The minimum atomic E-state index is -0.467. The topological polar surface area (TPSA) is 97.1 Å². The second-order valence-corrected chi connectivity index (χ2v) is 6.25. The van der Waals surface area contributed by atoms with Crippen molar-refractivity contribution in [3.8, 4) is 0 Å². The van der Waals surface area contributed by atoms with E-state index in [1.807, 2.05) is 0 Å². The van der Waals surface area contributed by atoms with Gasteiger partial charge in [0.1, 0.15) is 0 Å². The SMILES string of the molecule is O=C(N/N=C\c1cc([N+](=O)[O-])ccc1N1CCOCC1)c1cccc(Cl)c1. The lowest BCUT2D eigenvalue weighted by Gasteiger charge is -2.29. The molecular weight excluding hydrogens is 372 g/mol. The Morgan fingerprint density at radius 2 is 2.04 bits per heavy atom. The molecule has 0 aromatic heterocycles. The normalized spacial score (nSPS) is 14.3. The second kappa shape index (κ2) is 8.61. The first-order chi connectivity index (χ1) is 13.0. The van der Waals surface area contributed by atoms with Crippen molar-refractivity contribution in [2.24, 2.45) is 5.10 Å². The maximum absolute atomic E-state index is 12.1. The van der Waals surface area contributed by atoms with Crippen molar-refractivity contribution >= 4 is 35.1 Å². The Hall–Kier alpha value is -2.97. The summed E-state index contributed by atoms with van der Waals surface area (Å²) in [4.78, 5) is 24.8. The molecule has 27 heavy (non-hydrogen) atoms. The Morgan fingerprint density at radius 3 is 2.74 bits per heavy atom. The molecule has 0 spiro atoms. The average molecular weight is 389 g/mol. The quantitative estimate of drug-likeness (QED) is 0.482. The molecule has 1 aliphatic rings. The summed E-state index contributed by atoms with van der Waals surface area (Å²) in [5.41, 5.74) is 4.07. The monoisotopic (exact) mass is 388 g/mol. The third-order valence-corrected chi connectivity index (χ3v) is 4.27. The number of halogens is 1. The summed E-state index contributed by atoms with van der Waals surface area (Å²) >= 11 is 5.87. The zero-order valence-electron chi connectivity index (χ0n) is 14.3. The van der Waals surface area contributed by atoms with Crippen LogP contribution in [-0.4, -0.2) is 43.3 Å². The number of nitro groups is 1. The molecule has 1 saturated heterocycles. The molecule has 2 aromatic rings. The Bertz CT molecular complexity index is 881. The average Bonchev–Trinajstić information content (AvgIpc) is 2.68. The molecule has 0 aliphatic carbocycles. The lowest BCUT2D eigenvalue weighted by atomic mass is 10.1. The van der Waals surface area contributed by atoms with Crippen LogP contribution >= 0.6 is 11.6 Å². The molecule has 0 atom stereocenters. The summed E-state index contributed by atoms with van der Waals surface area (Å²) in [5.74, 6) is -0.424. The number of nitrogens with one attached hydrogen (secondary N) is 1. The molecule has 1 heterocycles. The van der Waals surface area contributed by atoms with E-state index in [2.05, 4.69) is 15.4 Å². The molecule has 0 unspecified atom stereocenters. The zero-order valence-corrected chi connectivity index (χ0v) is 15.1. The number of hydrazone groups is 1. The predicted molar refractivity (Wildman–Crippen MR) is 103 cm³/mol. The van der Waals surface area contributed by atoms with Gasteiger partial charge in [0.15, 0.2) is 0 Å². The van der Waals surface area contributed by atoms with Gasteiger partial charge in [0, 0.05) is 47.1 Å². The number of anilines is 1. The van der Waals surface area contributed by atoms with Crippen LogP contribution in [0.25, 0.3) is 0 Å². The lowest BCUT2D eigenvalue weighted by molar-refractivity contribution is -0.384. The number of nitro benzene ring substituents is 1. The smallest absolute Gasteiger partial charge is 0.271 e. The third kappa shape index (κ3) is 4.81. The summed E-state index contributed by atoms with van der Waals surface area (Å²) in [5, 5.41) is 15.5. The van der Waals surface area contributed by atoms with Gasteiger partial charge >= 0.3 is 0 Å². The molecule has 140 valence electrons. The largest absolute Gasteiger partial charge is 0.378 e. The molecule has 0 bridgehead atoms. The Kier molecular flexibility index (Phi) is 6.00. The zero-order chi connectivity index (χ0) is 19.2. The molecular formula is C18H17ClN4O4. The van der Waals surface area contributed by atoms with Crippen LogP contribution in [0.1, 0.15) is 15.9 Å². The van der Waals surface area contributed by atoms with Crippen molar-refractivity contribution in [2.75, 3.05) is 31.2 Å². The Morgan fingerprint density at radius 1 is 1.26 bits per heavy atom. The molecule has 1 amide bonds. The van der Waals surface area contributed by atoms with E-state index in [0.29, 0.717) is 42.5 Å². The van der Waals surface area contributed by atoms with Crippen LogP contribution in [0.15, 0.2) is 47.6 Å². The molecule has 1 aliphatic heterocycles. The van der Waals surface area contributed by atoms with Crippen molar-refractivity contribution in [1.82, 2.24) is 5.43 Å². The number of hydrogen-bond donors (Lipinski definition) is 1. The van der Waals surface area contributed by atoms with E-state index >= 15 is 0 Å². The summed E-state index contributed by atoms with van der Waals surface area (Å²) in [7, 11) is 0. The highest BCUT2D eigenvalue weighted by Crippen LogP contribution is 2.25. The van der Waals surface area contributed by atoms with Gasteiger partial charge < -0.3 is 9.64 Å². The van der Waals surface area contributed by atoms with Crippen molar-refractivity contribution in [1.29, 1.82) is 0 Å². The van der Waals surface area contributed by atoms with Gasteiger partial charge in [0.2, 0.25) is 0 Å². The van der Waals surface area contributed by atoms with Crippen LogP contribution < -0.4 is 10.3 Å². The fourth-order valence-electron chi connectivity index (χ4n) is 2.71. The highest BCUT2D eigenvalue weighted by molar-refractivity contribution is 6.30. The molecule has 0 radical (unpaired) electrons. The fraction of sp³-hybridized carbons (Fsp3) is 0.222. The number of hydrogen-bond acceptors (Lipinski definition) is 6. The highest BCUT2D eigenvalue weighted by Gasteiger charge is 2.17. The first-order valence-corrected chi connectivity index (χ1v) is 8.62. The third-order valence-electron chi connectivity index (χ3n) is 4.03. The van der Waals surface area contributed by atoms with E-state index in [-0.39, 0.29) is 5.69 Å². The molecule has 8 nitrogen and oxygen atoms in total. The number of rotatable bonds is 5. The Labute approximate surface area is 160 Å². The van der Waals surface area contributed by atoms with Gasteiger partial charge in [0.25, 0.3) is 11.6 Å². The van der Waals surface area contributed by atoms with Gasteiger partial charge in [-0.15, -0.1) is 0 Å². The van der Waals surface area contributed by atoms with Crippen molar-refractivity contribution < 1.29 is 14.5 Å². The number of benzene rings is 2. The highest BCUT2D eigenvalue weighted by atomic mass is 35.5. The van der Waals surface area contributed by atoms with E-state index < -0.39 is 10.8 Å². The van der Waals surface area contributed by atoms with Gasteiger partial charge in [-0.25, -0.2) is 5.43 Å². The summed E-state index contributed by atoms with van der Waals surface area (Å²) in [6.07, 6.45) is 1.40. The molecule has 3 rings (SSSR count). The second-order valence-electron chi connectivity index (χ2n) is 5.81. The van der Waals surface area contributed by atoms with Gasteiger partial charge in [-0.3, -0.25) is 14.9 Å². The molecule has 1 fully saturated rings. The van der Waals surface area contributed by atoms with Gasteiger partial charge in [-0.1, -0.05) is 17.7 Å². The molecule has 0 saturated carbocycles. The number of carbonyl (C=O) groups excluding carboxylic acids is 1. The van der Waals surface area contributed by atoms with E-state index in [1.54, 1.807) is 24.3 Å². The van der Waals surface area contributed by atoms with Crippen LogP contribution in [0.5, 0.6) is 0 Å². The lowest BCUT2D eigenvalue weighted by Crippen LogP contribution is -2.36. The maximum atomic E-state index is 12.1. The fourth-order valence-corrected chi connectivity index (χ4v) is 2.90. The summed E-state index contributed by atoms with van der Waals surface area (Å²) in [6.45, 7) is 2.51. The number of morpholine rings is 1. The molecule has 9 heteroatoms. The van der Waals surface area contributed by atoms with Crippen LogP contribution in [-0.2, 0) is 4.74 Å². The first kappa shape index (κ1) is 18.8. The van der Waals surface area contributed by atoms with Crippen LogP contribution in [0.3, 0.4) is 0 Å². The first-order valence-electron chi connectivity index (χ1n) is 8.25. The predicted octanol–water partition coefficient (Wildman–Crippen LogP) is 2.85. The van der Waals surface area contributed by atoms with Gasteiger partial charge in [-0.2, -0.15) is 5.10 Å². The summed E-state index contributed by atoms with van der Waals surface area (Å²) < 4.78 is 5.34. The van der Waals surface area contributed by atoms with Crippen LogP contribution in [0.4, 0.5) is 11.4 Å². The van der Waals surface area contributed by atoms with E-state index in [0.717, 1.165) is 5.69 Å². The van der Waals surface area contributed by atoms with E-state index in [1.165, 1.54) is 24.4 Å². The van der Waals surface area contributed by atoms with E-state index in [4.69, 9.17) is 16.3 Å². The van der Waals surface area contributed by atoms with Crippen LogP contribution in [0.2, 0.25) is 5.02 Å². The molecule has 1 N–H and O–H groups in total. The number of amides is 1. The number of non-ortho nitro benzene ring substituents is 1. The number of carbonyl (C=O) groups is 1. The van der Waals surface area contributed by atoms with Crippen molar-refractivity contribution in [3.63, 3.8) is 0 Å².